The number of carbonyl (C=O) groups excluding carboxylic acids is 1. The second-order valence-electron chi connectivity index (χ2n) is 5.05. The van der Waals surface area contributed by atoms with Crippen molar-refractivity contribution < 1.29 is 9.18 Å². The van der Waals surface area contributed by atoms with E-state index in [2.05, 4.69) is 4.90 Å². The first-order chi connectivity index (χ1) is 9.61. The Morgan fingerprint density at radius 3 is 2.45 bits per heavy atom. The minimum atomic E-state index is -0.243. The van der Waals surface area contributed by atoms with Crippen molar-refractivity contribution in [2.75, 3.05) is 31.1 Å². The van der Waals surface area contributed by atoms with E-state index >= 15 is 0 Å². The summed E-state index contributed by atoms with van der Waals surface area (Å²) in [5, 5.41) is 8.64. The highest BCUT2D eigenvalue weighted by atomic mass is 19.1. The van der Waals surface area contributed by atoms with Gasteiger partial charge in [0.25, 0.3) is 0 Å². The lowest BCUT2D eigenvalue weighted by Crippen LogP contribution is -2.50. The van der Waals surface area contributed by atoms with Crippen molar-refractivity contribution in [2.45, 2.75) is 13.3 Å². The molecule has 0 spiro atoms. The molecule has 1 aromatic carbocycles. The molecule has 0 aromatic heterocycles. The summed E-state index contributed by atoms with van der Waals surface area (Å²) < 4.78 is 12.9. The minimum Gasteiger partial charge on any atom is -0.368 e. The molecule has 2 rings (SSSR count). The molecule has 1 aliphatic heterocycles. The highest BCUT2D eigenvalue weighted by Crippen LogP contribution is 2.18. The summed E-state index contributed by atoms with van der Waals surface area (Å²) >= 11 is 0. The number of amides is 1. The van der Waals surface area contributed by atoms with Crippen LogP contribution < -0.4 is 4.90 Å². The van der Waals surface area contributed by atoms with E-state index in [1.54, 1.807) is 19.1 Å². The van der Waals surface area contributed by atoms with Crippen LogP contribution in [0.4, 0.5) is 10.1 Å². The van der Waals surface area contributed by atoms with Crippen molar-refractivity contribution in [3.63, 3.8) is 0 Å². The predicted octanol–water partition coefficient (Wildman–Crippen LogP) is 2.02. The Hall–Kier alpha value is -2.09. The molecule has 1 fully saturated rings. The molecule has 1 unspecified atom stereocenters. The Morgan fingerprint density at radius 2 is 1.90 bits per heavy atom. The van der Waals surface area contributed by atoms with Gasteiger partial charge in [-0.3, -0.25) is 4.79 Å². The summed E-state index contributed by atoms with van der Waals surface area (Å²) in [4.78, 5) is 16.0. The molecule has 0 saturated carbocycles. The number of hydrogen-bond donors (Lipinski definition) is 0. The molecule has 20 heavy (non-hydrogen) atoms. The van der Waals surface area contributed by atoms with Crippen LogP contribution in [-0.2, 0) is 4.79 Å². The molecule has 1 atom stereocenters. The van der Waals surface area contributed by atoms with Gasteiger partial charge in [0.05, 0.1) is 6.07 Å². The summed E-state index contributed by atoms with van der Waals surface area (Å²) in [5.74, 6) is -0.435. The SMILES string of the molecule is CC(CC#N)C(=O)N1CCN(c2ccc(F)cc2)CC1. The fourth-order valence-corrected chi connectivity index (χ4v) is 2.37. The summed E-state index contributed by atoms with van der Waals surface area (Å²) in [6.07, 6.45) is 0.261. The number of carbonyl (C=O) groups is 1. The lowest BCUT2D eigenvalue weighted by Gasteiger charge is -2.37. The molecule has 1 heterocycles. The van der Waals surface area contributed by atoms with Gasteiger partial charge < -0.3 is 9.80 Å². The molecule has 1 aliphatic rings. The van der Waals surface area contributed by atoms with Gasteiger partial charge in [0, 0.05) is 44.2 Å². The molecule has 1 aromatic rings. The molecule has 0 radical (unpaired) electrons. The van der Waals surface area contributed by atoms with Crippen LogP contribution in [-0.4, -0.2) is 37.0 Å². The Bertz CT molecular complexity index is 501. The van der Waals surface area contributed by atoms with Crippen LogP contribution in [0.2, 0.25) is 0 Å². The second kappa shape index (κ2) is 6.38. The third-order valence-corrected chi connectivity index (χ3v) is 3.60. The topological polar surface area (TPSA) is 47.3 Å². The van der Waals surface area contributed by atoms with E-state index in [0.717, 1.165) is 18.8 Å². The van der Waals surface area contributed by atoms with Crippen LogP contribution in [0.25, 0.3) is 0 Å². The highest BCUT2D eigenvalue weighted by molar-refractivity contribution is 5.79. The van der Waals surface area contributed by atoms with Crippen molar-refractivity contribution in [3.05, 3.63) is 30.1 Å². The van der Waals surface area contributed by atoms with Crippen LogP contribution in [0.5, 0.6) is 0 Å². The molecule has 106 valence electrons. The summed E-state index contributed by atoms with van der Waals surface area (Å²) in [6.45, 7) is 4.54. The first-order valence-electron chi connectivity index (χ1n) is 6.78. The predicted molar refractivity (Wildman–Crippen MR) is 74.6 cm³/mol. The number of anilines is 1. The van der Waals surface area contributed by atoms with Gasteiger partial charge in [-0.2, -0.15) is 5.26 Å². The maximum atomic E-state index is 12.9. The molecule has 4 nitrogen and oxygen atoms in total. The van der Waals surface area contributed by atoms with Crippen LogP contribution in [0.15, 0.2) is 24.3 Å². The maximum Gasteiger partial charge on any atom is 0.226 e. The van der Waals surface area contributed by atoms with E-state index in [1.807, 2.05) is 11.0 Å². The smallest absolute Gasteiger partial charge is 0.226 e. The number of piperazine rings is 1. The molecule has 1 saturated heterocycles. The molecule has 0 bridgehead atoms. The van der Waals surface area contributed by atoms with Gasteiger partial charge in [0.2, 0.25) is 5.91 Å². The Kier molecular flexibility index (Phi) is 4.57. The minimum absolute atomic E-state index is 0.0466. The third-order valence-electron chi connectivity index (χ3n) is 3.60. The van der Waals surface area contributed by atoms with Gasteiger partial charge in [0.15, 0.2) is 0 Å². The highest BCUT2D eigenvalue weighted by Gasteiger charge is 2.24. The number of nitriles is 1. The van der Waals surface area contributed by atoms with Crippen LogP contribution >= 0.6 is 0 Å². The van der Waals surface area contributed by atoms with E-state index < -0.39 is 0 Å². The average molecular weight is 275 g/mol. The van der Waals surface area contributed by atoms with E-state index in [-0.39, 0.29) is 24.1 Å². The van der Waals surface area contributed by atoms with Gasteiger partial charge in [0.1, 0.15) is 5.82 Å². The van der Waals surface area contributed by atoms with Crippen molar-refractivity contribution in [2.24, 2.45) is 5.92 Å². The fraction of sp³-hybridized carbons (Fsp3) is 0.467. The third kappa shape index (κ3) is 3.27. The lowest BCUT2D eigenvalue weighted by molar-refractivity contribution is -0.135. The zero-order chi connectivity index (χ0) is 14.5. The zero-order valence-electron chi connectivity index (χ0n) is 11.6. The first-order valence-corrected chi connectivity index (χ1v) is 6.78. The van der Waals surface area contributed by atoms with Gasteiger partial charge in [-0.05, 0) is 24.3 Å². The number of halogens is 1. The number of hydrogen-bond acceptors (Lipinski definition) is 3. The zero-order valence-corrected chi connectivity index (χ0v) is 11.6. The Balaban J connectivity index is 1.91. The second-order valence-corrected chi connectivity index (χ2v) is 5.05. The standard InChI is InChI=1S/C15H18FN3O/c1-12(6-7-17)15(20)19-10-8-18(9-11-19)14-4-2-13(16)3-5-14/h2-5,12H,6,8-11H2,1H3. The summed E-state index contributed by atoms with van der Waals surface area (Å²) in [7, 11) is 0. The quantitative estimate of drug-likeness (QED) is 0.848. The molecule has 0 aliphatic carbocycles. The Labute approximate surface area is 118 Å². The van der Waals surface area contributed by atoms with Gasteiger partial charge in [-0.15, -0.1) is 0 Å². The molecular formula is C15H18FN3O. The molecule has 0 N–H and O–H groups in total. The van der Waals surface area contributed by atoms with Gasteiger partial charge in [-0.1, -0.05) is 6.92 Å². The van der Waals surface area contributed by atoms with E-state index in [1.165, 1.54) is 12.1 Å². The first kappa shape index (κ1) is 14.3. The monoisotopic (exact) mass is 275 g/mol. The molecule has 5 heteroatoms. The van der Waals surface area contributed by atoms with Crippen LogP contribution in [0.1, 0.15) is 13.3 Å². The largest absolute Gasteiger partial charge is 0.368 e. The van der Waals surface area contributed by atoms with E-state index in [4.69, 9.17) is 5.26 Å². The molecule has 1 amide bonds. The van der Waals surface area contributed by atoms with Crippen molar-refractivity contribution >= 4 is 11.6 Å². The van der Waals surface area contributed by atoms with E-state index in [9.17, 15) is 9.18 Å². The maximum absolute atomic E-state index is 12.9. The summed E-state index contributed by atoms with van der Waals surface area (Å²) in [6, 6.07) is 8.44. The number of nitrogens with zero attached hydrogens (tertiary/aromatic N) is 3. The van der Waals surface area contributed by atoms with E-state index in [0.29, 0.717) is 13.1 Å². The fourth-order valence-electron chi connectivity index (χ4n) is 2.37. The van der Waals surface area contributed by atoms with Crippen LogP contribution in [0.3, 0.4) is 0 Å². The molecular weight excluding hydrogens is 257 g/mol. The van der Waals surface area contributed by atoms with Gasteiger partial charge >= 0.3 is 0 Å². The average Bonchev–Trinajstić information content (AvgIpc) is 2.48. The summed E-state index contributed by atoms with van der Waals surface area (Å²) in [5.41, 5.74) is 0.976. The van der Waals surface area contributed by atoms with Crippen LogP contribution in [0, 0.1) is 23.1 Å². The van der Waals surface area contributed by atoms with Crippen molar-refractivity contribution in [1.82, 2.24) is 4.90 Å². The van der Waals surface area contributed by atoms with Crippen molar-refractivity contribution in [1.29, 1.82) is 5.26 Å². The van der Waals surface area contributed by atoms with Crippen molar-refractivity contribution in [3.8, 4) is 6.07 Å². The lowest BCUT2D eigenvalue weighted by atomic mass is 10.1. The Morgan fingerprint density at radius 1 is 1.30 bits per heavy atom. The van der Waals surface area contributed by atoms with Gasteiger partial charge in [-0.25, -0.2) is 4.39 Å². The number of rotatable bonds is 3. The normalized spacial score (nSPS) is 16.6. The number of benzene rings is 1.